The summed E-state index contributed by atoms with van der Waals surface area (Å²) in [5, 5.41) is 6.13. The number of methoxy groups -OCH3 is 1. The molecule has 0 bridgehead atoms. The van der Waals surface area contributed by atoms with Crippen LogP contribution < -0.4 is 15.4 Å². The van der Waals surface area contributed by atoms with E-state index < -0.39 is 5.91 Å². The minimum absolute atomic E-state index is 0.170. The number of pyridine rings is 2. The van der Waals surface area contributed by atoms with Gasteiger partial charge in [0.05, 0.1) is 5.52 Å². The third kappa shape index (κ3) is 6.03. The van der Waals surface area contributed by atoms with Crippen LogP contribution in [0.1, 0.15) is 15.9 Å². The number of nitrogens with zero attached hydrogens (tertiary/aromatic N) is 2. The minimum Gasteiger partial charge on any atom is -0.457 e. The summed E-state index contributed by atoms with van der Waals surface area (Å²) in [5.74, 6) is 8.21. The maximum atomic E-state index is 12.6. The predicted molar refractivity (Wildman–Crippen MR) is 137 cm³/mol. The van der Waals surface area contributed by atoms with Gasteiger partial charge in [-0.2, -0.15) is 0 Å². The van der Waals surface area contributed by atoms with E-state index in [2.05, 4.69) is 38.4 Å². The molecule has 0 saturated carbocycles. The van der Waals surface area contributed by atoms with Crippen LogP contribution in [0, 0.1) is 24.2 Å². The number of benzene rings is 2. The zero-order valence-corrected chi connectivity index (χ0v) is 19.2. The first-order valence-corrected chi connectivity index (χ1v) is 10.8. The number of fused-ring (bicyclic) bond motifs is 1. The molecule has 0 aliphatic carbocycles. The molecule has 0 atom stereocenters. The molecule has 4 rings (SSSR count). The summed E-state index contributed by atoms with van der Waals surface area (Å²) in [6, 6.07) is 16.9. The summed E-state index contributed by atoms with van der Waals surface area (Å²) in [6.45, 7) is 0.170. The zero-order valence-electron chi connectivity index (χ0n) is 19.2. The fourth-order valence-corrected chi connectivity index (χ4v) is 3.22. The number of anilines is 2. The van der Waals surface area contributed by atoms with Gasteiger partial charge in [0, 0.05) is 41.7 Å². The molecule has 0 saturated heterocycles. The van der Waals surface area contributed by atoms with E-state index in [1.807, 2.05) is 0 Å². The number of terminal acetylenes is 1. The first-order chi connectivity index (χ1) is 17.6. The van der Waals surface area contributed by atoms with Crippen molar-refractivity contribution in [1.29, 1.82) is 0 Å². The van der Waals surface area contributed by atoms with Crippen molar-refractivity contribution in [3.8, 4) is 35.7 Å². The third-order valence-corrected chi connectivity index (χ3v) is 4.89. The van der Waals surface area contributed by atoms with Gasteiger partial charge in [-0.05, 0) is 66.6 Å². The van der Waals surface area contributed by atoms with Crippen LogP contribution in [-0.4, -0.2) is 35.5 Å². The van der Waals surface area contributed by atoms with E-state index in [1.54, 1.807) is 66.9 Å². The van der Waals surface area contributed by atoms with Crippen molar-refractivity contribution in [2.45, 2.75) is 0 Å². The molecule has 176 valence electrons. The van der Waals surface area contributed by atoms with Gasteiger partial charge in [-0.25, -0.2) is 4.98 Å². The number of aromatic nitrogens is 2. The molecule has 2 aromatic carbocycles. The average molecular weight is 476 g/mol. The Morgan fingerprint density at radius 2 is 1.78 bits per heavy atom. The number of hydrogen-bond acceptors (Lipinski definition) is 6. The lowest BCUT2D eigenvalue weighted by molar-refractivity contribution is -0.111. The normalized spacial score (nSPS) is 10.0. The molecular formula is C28H20N4O4. The van der Waals surface area contributed by atoms with Gasteiger partial charge in [0.15, 0.2) is 0 Å². The molecule has 0 aliphatic rings. The standard InChI is InChI=1S/C28H20N4O4/c1-3-19-12-14-30-26(17-19)32-28(34)20-6-9-22(10-7-20)36-25-13-15-29-24-11-8-21(18-23(24)25)31-27(33)5-4-16-35-2/h1,6-15,17-18H,16H2,2H3,(H,31,33)(H,30,32,34). The van der Waals surface area contributed by atoms with Crippen molar-refractivity contribution in [3.63, 3.8) is 0 Å². The maximum Gasteiger partial charge on any atom is 0.300 e. The SMILES string of the molecule is C#Cc1ccnc(NC(=O)c2ccc(Oc3ccnc4ccc(NC(=O)C#CCOC)cc34)cc2)c1. The summed E-state index contributed by atoms with van der Waals surface area (Å²) in [7, 11) is 1.50. The highest BCUT2D eigenvalue weighted by molar-refractivity contribution is 6.05. The zero-order chi connectivity index (χ0) is 25.3. The molecule has 0 radical (unpaired) electrons. The summed E-state index contributed by atoms with van der Waals surface area (Å²) < 4.78 is 10.9. The summed E-state index contributed by atoms with van der Waals surface area (Å²) >= 11 is 0. The van der Waals surface area contributed by atoms with E-state index in [0.717, 1.165) is 0 Å². The second-order valence-corrected chi connectivity index (χ2v) is 7.38. The maximum absolute atomic E-state index is 12.6. The first-order valence-electron chi connectivity index (χ1n) is 10.8. The molecule has 4 aromatic rings. The fraction of sp³-hybridized carbons (Fsp3) is 0.0714. The van der Waals surface area contributed by atoms with Gasteiger partial charge in [0.2, 0.25) is 0 Å². The Bertz CT molecular complexity index is 1530. The van der Waals surface area contributed by atoms with Crippen molar-refractivity contribution in [1.82, 2.24) is 9.97 Å². The molecule has 8 nitrogen and oxygen atoms in total. The molecule has 0 fully saturated rings. The molecule has 0 unspecified atom stereocenters. The Morgan fingerprint density at radius 3 is 2.56 bits per heavy atom. The number of rotatable bonds is 6. The van der Waals surface area contributed by atoms with Crippen LogP contribution in [0.25, 0.3) is 10.9 Å². The van der Waals surface area contributed by atoms with Crippen LogP contribution >= 0.6 is 0 Å². The van der Waals surface area contributed by atoms with Crippen LogP contribution in [0.15, 0.2) is 73.1 Å². The predicted octanol–water partition coefficient (Wildman–Crippen LogP) is 4.24. The highest BCUT2D eigenvalue weighted by Crippen LogP contribution is 2.31. The lowest BCUT2D eigenvalue weighted by Gasteiger charge is -2.11. The summed E-state index contributed by atoms with van der Waals surface area (Å²) in [6.07, 6.45) is 8.56. The molecule has 2 heterocycles. The number of carbonyl (C=O) groups is 2. The van der Waals surface area contributed by atoms with E-state index in [-0.39, 0.29) is 12.5 Å². The van der Waals surface area contributed by atoms with E-state index in [4.69, 9.17) is 15.9 Å². The molecular weight excluding hydrogens is 456 g/mol. The largest absolute Gasteiger partial charge is 0.457 e. The van der Waals surface area contributed by atoms with Crippen molar-refractivity contribution < 1.29 is 19.1 Å². The van der Waals surface area contributed by atoms with Crippen molar-refractivity contribution in [3.05, 3.63) is 84.2 Å². The lowest BCUT2D eigenvalue weighted by Crippen LogP contribution is -2.12. The van der Waals surface area contributed by atoms with E-state index in [0.29, 0.717) is 45.0 Å². The Morgan fingerprint density at radius 1 is 0.972 bits per heavy atom. The summed E-state index contributed by atoms with van der Waals surface area (Å²) in [5.41, 5.74) is 2.28. The molecule has 2 N–H and O–H groups in total. The number of amides is 2. The van der Waals surface area contributed by atoms with Gasteiger partial charge in [0.25, 0.3) is 11.8 Å². The quantitative estimate of drug-likeness (QED) is 0.404. The Kier molecular flexibility index (Phi) is 7.52. The molecule has 2 amide bonds. The molecule has 8 heteroatoms. The fourth-order valence-electron chi connectivity index (χ4n) is 3.22. The number of ether oxygens (including phenoxy) is 2. The van der Waals surface area contributed by atoms with Gasteiger partial charge in [-0.3, -0.25) is 14.6 Å². The Balaban J connectivity index is 1.49. The highest BCUT2D eigenvalue weighted by Gasteiger charge is 2.10. The molecule has 0 spiro atoms. The number of carbonyl (C=O) groups excluding carboxylic acids is 2. The van der Waals surface area contributed by atoms with Crippen molar-refractivity contribution >= 4 is 34.2 Å². The Hall–Kier alpha value is -5.18. The van der Waals surface area contributed by atoms with E-state index >= 15 is 0 Å². The average Bonchev–Trinajstić information content (AvgIpc) is 2.89. The number of nitrogens with one attached hydrogen (secondary N) is 2. The smallest absolute Gasteiger partial charge is 0.300 e. The molecule has 2 aromatic heterocycles. The monoisotopic (exact) mass is 476 g/mol. The van der Waals surface area contributed by atoms with Gasteiger partial charge < -0.3 is 20.1 Å². The van der Waals surface area contributed by atoms with Crippen molar-refractivity contribution in [2.24, 2.45) is 0 Å². The highest BCUT2D eigenvalue weighted by atomic mass is 16.5. The first kappa shape index (κ1) is 24.0. The second kappa shape index (κ2) is 11.3. The van der Waals surface area contributed by atoms with Crippen LogP contribution in [0.5, 0.6) is 11.5 Å². The van der Waals surface area contributed by atoms with Crippen LogP contribution in [0.3, 0.4) is 0 Å². The van der Waals surface area contributed by atoms with Crippen LogP contribution in [-0.2, 0) is 9.53 Å². The van der Waals surface area contributed by atoms with E-state index in [9.17, 15) is 9.59 Å². The molecule has 36 heavy (non-hydrogen) atoms. The third-order valence-electron chi connectivity index (χ3n) is 4.89. The lowest BCUT2D eigenvalue weighted by atomic mass is 10.1. The van der Waals surface area contributed by atoms with Crippen LogP contribution in [0.2, 0.25) is 0 Å². The van der Waals surface area contributed by atoms with Gasteiger partial charge in [0.1, 0.15) is 23.9 Å². The van der Waals surface area contributed by atoms with E-state index in [1.165, 1.54) is 13.3 Å². The topological polar surface area (TPSA) is 102 Å². The minimum atomic E-state index is -0.451. The number of hydrogen-bond donors (Lipinski definition) is 2. The molecule has 0 aliphatic heterocycles. The van der Waals surface area contributed by atoms with Gasteiger partial charge in [-0.1, -0.05) is 11.8 Å². The van der Waals surface area contributed by atoms with Gasteiger partial charge >= 0.3 is 0 Å². The van der Waals surface area contributed by atoms with Crippen molar-refractivity contribution in [2.75, 3.05) is 24.4 Å². The summed E-state index contributed by atoms with van der Waals surface area (Å²) in [4.78, 5) is 33.0. The Labute approximate surface area is 207 Å². The van der Waals surface area contributed by atoms with Crippen LogP contribution in [0.4, 0.5) is 11.5 Å². The second-order valence-electron chi connectivity index (χ2n) is 7.38. The van der Waals surface area contributed by atoms with Gasteiger partial charge in [-0.15, -0.1) is 6.42 Å².